The number of methoxy groups -OCH3 is 1. The number of benzene rings is 2. The van der Waals surface area contributed by atoms with E-state index < -0.39 is 15.3 Å². The van der Waals surface area contributed by atoms with Crippen LogP contribution in [0.2, 0.25) is 0 Å². The normalized spacial score (nSPS) is 12.2. The average molecular weight is 473 g/mol. The van der Waals surface area contributed by atoms with Gasteiger partial charge in [-0.2, -0.15) is 0 Å². The number of para-hydroxylation sites is 1. The Balaban J connectivity index is 1.83. The molecule has 1 aromatic heterocycles. The molecule has 0 saturated heterocycles. The van der Waals surface area contributed by atoms with Crippen molar-refractivity contribution in [2.75, 3.05) is 18.1 Å². The first-order chi connectivity index (χ1) is 15.2. The Morgan fingerprint density at radius 3 is 2.53 bits per heavy atom. The number of ketones is 1. The number of nitrogens with zero attached hydrogens (tertiary/aromatic N) is 3. The molecule has 0 spiro atoms. The van der Waals surface area contributed by atoms with Gasteiger partial charge in [-0.15, -0.1) is 16.8 Å². The Labute approximate surface area is 191 Å². The van der Waals surface area contributed by atoms with Gasteiger partial charge in [0.2, 0.25) is 10.0 Å². The van der Waals surface area contributed by atoms with Crippen molar-refractivity contribution in [3.8, 4) is 17.1 Å². The van der Waals surface area contributed by atoms with Crippen molar-refractivity contribution in [3.05, 3.63) is 66.7 Å². The van der Waals surface area contributed by atoms with Gasteiger partial charge in [-0.05, 0) is 43.3 Å². The van der Waals surface area contributed by atoms with Crippen LogP contribution in [-0.4, -0.2) is 47.6 Å². The molecule has 0 amide bonds. The lowest BCUT2D eigenvalue weighted by Crippen LogP contribution is -2.15. The number of thioether (sulfide) groups is 1. The molecule has 0 saturated carbocycles. The van der Waals surface area contributed by atoms with Crippen LogP contribution >= 0.6 is 11.8 Å². The summed E-state index contributed by atoms with van der Waals surface area (Å²) >= 11 is 1.30. The zero-order valence-corrected chi connectivity index (χ0v) is 19.6. The number of ether oxygens (including phenoxy) is 1. The van der Waals surface area contributed by atoms with Crippen LogP contribution in [0.15, 0.2) is 66.3 Å². The molecule has 0 radical (unpaired) electrons. The maximum Gasteiger partial charge on any atom is 0.229 e. The van der Waals surface area contributed by atoms with Crippen LogP contribution < -0.4 is 9.46 Å². The van der Waals surface area contributed by atoms with Gasteiger partial charge in [0.25, 0.3) is 0 Å². The fraction of sp³-hybridized carbons (Fsp3) is 0.227. The van der Waals surface area contributed by atoms with Gasteiger partial charge in [0, 0.05) is 17.8 Å². The third kappa shape index (κ3) is 5.57. The first-order valence-electron chi connectivity index (χ1n) is 9.69. The SMILES string of the molecule is C=CCn1c(SC(C)C(=O)c2ccc(NS(C)(=O)=O)cc2)nnc1-c1ccccc1OC. The fourth-order valence-electron chi connectivity index (χ4n) is 3.06. The summed E-state index contributed by atoms with van der Waals surface area (Å²) in [4.78, 5) is 12.9. The van der Waals surface area contributed by atoms with E-state index in [9.17, 15) is 13.2 Å². The molecular weight excluding hydrogens is 448 g/mol. The minimum Gasteiger partial charge on any atom is -0.496 e. The summed E-state index contributed by atoms with van der Waals surface area (Å²) in [7, 11) is -1.78. The molecule has 0 aliphatic rings. The summed E-state index contributed by atoms with van der Waals surface area (Å²) in [6, 6.07) is 13.8. The van der Waals surface area contributed by atoms with E-state index in [1.807, 2.05) is 28.8 Å². The molecule has 3 rings (SSSR count). The predicted octanol–water partition coefficient (Wildman–Crippen LogP) is 3.87. The van der Waals surface area contributed by atoms with Crippen molar-refractivity contribution < 1.29 is 17.9 Å². The first-order valence-corrected chi connectivity index (χ1v) is 12.5. The van der Waals surface area contributed by atoms with Crippen LogP contribution in [-0.2, 0) is 16.6 Å². The highest BCUT2D eigenvalue weighted by Gasteiger charge is 2.22. The largest absolute Gasteiger partial charge is 0.496 e. The van der Waals surface area contributed by atoms with E-state index in [-0.39, 0.29) is 5.78 Å². The van der Waals surface area contributed by atoms with Crippen molar-refractivity contribution >= 4 is 33.3 Å². The lowest BCUT2D eigenvalue weighted by Gasteiger charge is -2.13. The molecule has 32 heavy (non-hydrogen) atoms. The average Bonchev–Trinajstić information content (AvgIpc) is 3.14. The van der Waals surface area contributed by atoms with Crippen LogP contribution in [0.3, 0.4) is 0 Å². The Hall–Kier alpha value is -3.11. The second-order valence-electron chi connectivity index (χ2n) is 6.98. The zero-order chi connectivity index (χ0) is 23.3. The van der Waals surface area contributed by atoms with E-state index in [2.05, 4.69) is 21.5 Å². The second kappa shape index (κ2) is 10.0. The Bertz CT molecular complexity index is 1220. The van der Waals surface area contributed by atoms with E-state index in [0.29, 0.717) is 34.5 Å². The molecule has 0 bridgehead atoms. The second-order valence-corrected chi connectivity index (χ2v) is 10.0. The van der Waals surface area contributed by atoms with Crippen molar-refractivity contribution in [1.29, 1.82) is 0 Å². The Kier molecular flexibility index (Phi) is 7.37. The minimum absolute atomic E-state index is 0.104. The van der Waals surface area contributed by atoms with E-state index in [4.69, 9.17) is 4.74 Å². The van der Waals surface area contributed by atoms with Gasteiger partial charge in [-0.3, -0.25) is 14.1 Å². The van der Waals surface area contributed by atoms with Crippen LogP contribution in [0.5, 0.6) is 5.75 Å². The quantitative estimate of drug-likeness (QED) is 0.271. The summed E-state index contributed by atoms with van der Waals surface area (Å²) in [5.41, 5.74) is 1.67. The van der Waals surface area contributed by atoms with Crippen molar-refractivity contribution in [3.63, 3.8) is 0 Å². The van der Waals surface area contributed by atoms with Crippen LogP contribution in [0.1, 0.15) is 17.3 Å². The van der Waals surface area contributed by atoms with Crippen LogP contribution in [0.4, 0.5) is 5.69 Å². The topological polar surface area (TPSA) is 103 Å². The molecule has 1 atom stereocenters. The number of carbonyl (C=O) groups is 1. The molecule has 10 heteroatoms. The number of anilines is 1. The van der Waals surface area contributed by atoms with Crippen molar-refractivity contribution in [2.45, 2.75) is 23.9 Å². The van der Waals surface area contributed by atoms with Gasteiger partial charge >= 0.3 is 0 Å². The number of hydrogen-bond acceptors (Lipinski definition) is 7. The standard InChI is InChI=1S/C22H24N4O4S2/c1-5-14-26-21(18-8-6-7-9-19(18)30-3)23-24-22(26)31-15(2)20(27)16-10-12-17(13-11-16)25-32(4,28)29/h5-13,15,25H,1,14H2,2-4H3. The number of allylic oxidation sites excluding steroid dienone is 1. The van der Waals surface area contributed by atoms with E-state index in [1.165, 1.54) is 11.8 Å². The maximum atomic E-state index is 12.9. The van der Waals surface area contributed by atoms with E-state index in [1.54, 1.807) is 44.4 Å². The maximum absolute atomic E-state index is 12.9. The lowest BCUT2D eigenvalue weighted by molar-refractivity contribution is 0.0994. The fourth-order valence-corrected chi connectivity index (χ4v) is 4.56. The Morgan fingerprint density at radius 1 is 1.22 bits per heavy atom. The summed E-state index contributed by atoms with van der Waals surface area (Å²) in [6.07, 6.45) is 2.82. The first kappa shape index (κ1) is 23.6. The number of hydrogen-bond donors (Lipinski definition) is 1. The lowest BCUT2D eigenvalue weighted by atomic mass is 10.1. The summed E-state index contributed by atoms with van der Waals surface area (Å²) in [5.74, 6) is 1.20. The number of sulfonamides is 1. The molecule has 2 aromatic carbocycles. The molecule has 168 valence electrons. The van der Waals surface area contributed by atoms with Crippen molar-refractivity contribution in [1.82, 2.24) is 14.8 Å². The Morgan fingerprint density at radius 2 is 1.91 bits per heavy atom. The monoisotopic (exact) mass is 472 g/mol. The molecule has 0 aliphatic heterocycles. The number of Topliss-reactive ketones (excluding diaryl/α,β-unsaturated/α-hetero) is 1. The smallest absolute Gasteiger partial charge is 0.229 e. The van der Waals surface area contributed by atoms with Gasteiger partial charge in [-0.1, -0.05) is 30.0 Å². The molecule has 1 unspecified atom stereocenters. The van der Waals surface area contributed by atoms with Crippen LogP contribution in [0.25, 0.3) is 11.4 Å². The minimum atomic E-state index is -3.38. The van der Waals surface area contributed by atoms with Gasteiger partial charge < -0.3 is 4.74 Å². The van der Waals surface area contributed by atoms with Gasteiger partial charge in [0.05, 0.1) is 24.2 Å². The molecule has 3 aromatic rings. The van der Waals surface area contributed by atoms with Crippen molar-refractivity contribution in [2.24, 2.45) is 0 Å². The van der Waals surface area contributed by atoms with Gasteiger partial charge in [0.15, 0.2) is 16.8 Å². The van der Waals surface area contributed by atoms with E-state index in [0.717, 1.165) is 11.8 Å². The highest BCUT2D eigenvalue weighted by molar-refractivity contribution is 8.00. The van der Waals surface area contributed by atoms with E-state index >= 15 is 0 Å². The predicted molar refractivity (Wildman–Crippen MR) is 127 cm³/mol. The van der Waals surface area contributed by atoms with Gasteiger partial charge in [-0.25, -0.2) is 8.42 Å². The number of rotatable bonds is 10. The summed E-state index contributed by atoms with van der Waals surface area (Å²) < 4.78 is 32.4. The third-order valence-corrected chi connectivity index (χ3v) is 6.19. The highest BCUT2D eigenvalue weighted by Crippen LogP contribution is 2.32. The molecule has 1 heterocycles. The third-order valence-electron chi connectivity index (χ3n) is 4.50. The van der Waals surface area contributed by atoms with Gasteiger partial charge in [0.1, 0.15) is 5.75 Å². The zero-order valence-electron chi connectivity index (χ0n) is 18.0. The number of carbonyl (C=O) groups excluding carboxylic acids is 1. The molecular formula is C22H24N4O4S2. The summed E-state index contributed by atoms with van der Waals surface area (Å²) in [6.45, 7) is 6.08. The molecule has 0 fully saturated rings. The molecule has 0 aliphatic carbocycles. The number of nitrogens with one attached hydrogen (secondary N) is 1. The molecule has 8 nitrogen and oxygen atoms in total. The number of aromatic nitrogens is 3. The van der Waals surface area contributed by atoms with Crippen LogP contribution in [0, 0.1) is 0 Å². The summed E-state index contributed by atoms with van der Waals surface area (Å²) in [5, 5.41) is 8.78. The molecule has 1 N–H and O–H groups in total. The highest BCUT2D eigenvalue weighted by atomic mass is 32.2.